The molecule has 1 fully saturated rings. The summed E-state index contributed by atoms with van der Waals surface area (Å²) in [5.41, 5.74) is 0. The molecule has 1 heterocycles. The number of nitrogens with one attached hydrogen (secondary N) is 1. The van der Waals surface area contributed by atoms with Crippen LogP contribution in [0.25, 0.3) is 0 Å². The lowest BCUT2D eigenvalue weighted by atomic mass is 9.99. The molecule has 1 aliphatic heterocycles. The first kappa shape index (κ1) is 39.0. The van der Waals surface area contributed by atoms with Crippen LogP contribution in [0.15, 0.2) is 12.2 Å². The van der Waals surface area contributed by atoms with Crippen molar-refractivity contribution in [1.82, 2.24) is 5.32 Å². The summed E-state index contributed by atoms with van der Waals surface area (Å²) in [5.74, 6) is -0.184. The van der Waals surface area contributed by atoms with Crippen molar-refractivity contribution in [2.75, 3.05) is 13.2 Å². The number of hydrogen-bond donors (Lipinski definition) is 6. The van der Waals surface area contributed by atoms with Crippen molar-refractivity contribution in [3.8, 4) is 0 Å². The maximum atomic E-state index is 12.7. The first-order valence-corrected chi connectivity index (χ1v) is 16.9. The van der Waals surface area contributed by atoms with Gasteiger partial charge >= 0.3 is 0 Å². The predicted octanol–water partition coefficient (Wildman–Crippen LogP) is 4.66. The minimum Gasteiger partial charge on any atom is -0.394 e. The van der Waals surface area contributed by atoms with Crippen LogP contribution in [0.2, 0.25) is 0 Å². The molecule has 1 saturated heterocycles. The Kier molecular flexibility index (Phi) is 23.4. The number of carbonyl (C=O) groups excluding carboxylic acids is 1. The molecule has 1 rings (SSSR count). The average molecular weight is 602 g/mol. The minimum atomic E-state index is -1.55. The zero-order chi connectivity index (χ0) is 31.0. The van der Waals surface area contributed by atoms with E-state index in [1.165, 1.54) is 70.6 Å². The highest BCUT2D eigenvalue weighted by Gasteiger charge is 2.44. The van der Waals surface area contributed by atoms with Gasteiger partial charge in [0.25, 0.3) is 0 Å². The lowest BCUT2D eigenvalue weighted by Gasteiger charge is -2.40. The van der Waals surface area contributed by atoms with Gasteiger partial charge in [0.1, 0.15) is 24.4 Å². The average Bonchev–Trinajstić information content (AvgIpc) is 2.98. The molecule has 42 heavy (non-hydrogen) atoms. The molecule has 9 nitrogen and oxygen atoms in total. The van der Waals surface area contributed by atoms with Gasteiger partial charge in [0.05, 0.1) is 25.4 Å². The standard InChI is InChI=1S/C33H63NO8/c1-3-5-7-9-11-13-15-16-18-20-22-27(36)26(25-41-33-32(40)31(39)30(38)28(24-35)42-33)34-29(37)23-21-19-17-14-12-10-8-6-4-2/h14,17,26-28,30-33,35-36,38-40H,3-13,15-16,18-25H2,1-2H3,(H,34,37)/b17-14-. The zero-order valence-corrected chi connectivity index (χ0v) is 26.5. The highest BCUT2D eigenvalue weighted by Crippen LogP contribution is 2.22. The summed E-state index contributed by atoms with van der Waals surface area (Å²) in [6, 6.07) is -0.724. The van der Waals surface area contributed by atoms with Gasteiger partial charge in [0.15, 0.2) is 6.29 Å². The van der Waals surface area contributed by atoms with Gasteiger partial charge in [-0.25, -0.2) is 0 Å². The molecule has 0 radical (unpaired) electrons. The number of amides is 1. The number of unbranched alkanes of at least 4 members (excludes halogenated alkanes) is 14. The second-order valence-electron chi connectivity index (χ2n) is 12.0. The Balaban J connectivity index is 2.52. The van der Waals surface area contributed by atoms with E-state index >= 15 is 0 Å². The van der Waals surface area contributed by atoms with Crippen molar-refractivity contribution in [1.29, 1.82) is 0 Å². The van der Waals surface area contributed by atoms with E-state index in [2.05, 4.69) is 31.3 Å². The summed E-state index contributed by atoms with van der Waals surface area (Å²) in [5, 5.41) is 53.7. The fourth-order valence-corrected chi connectivity index (χ4v) is 5.28. The van der Waals surface area contributed by atoms with E-state index in [-0.39, 0.29) is 12.5 Å². The van der Waals surface area contributed by atoms with E-state index in [4.69, 9.17) is 9.47 Å². The Morgan fingerprint density at radius 2 is 1.33 bits per heavy atom. The van der Waals surface area contributed by atoms with Gasteiger partial charge < -0.3 is 40.3 Å². The maximum absolute atomic E-state index is 12.7. The molecule has 9 heteroatoms. The predicted molar refractivity (Wildman–Crippen MR) is 166 cm³/mol. The quantitative estimate of drug-likeness (QED) is 0.0620. The molecule has 1 aliphatic rings. The fourth-order valence-electron chi connectivity index (χ4n) is 5.28. The molecular formula is C33H63NO8. The lowest BCUT2D eigenvalue weighted by Crippen LogP contribution is -2.60. The Morgan fingerprint density at radius 3 is 1.93 bits per heavy atom. The summed E-state index contributed by atoms with van der Waals surface area (Å²) in [6.07, 6.45) is 16.7. The molecule has 0 aromatic heterocycles. The second kappa shape index (κ2) is 25.3. The van der Waals surface area contributed by atoms with E-state index in [1.54, 1.807) is 0 Å². The first-order chi connectivity index (χ1) is 20.3. The number of hydrogen-bond acceptors (Lipinski definition) is 8. The van der Waals surface area contributed by atoms with E-state index in [0.717, 1.165) is 32.1 Å². The van der Waals surface area contributed by atoms with Crippen LogP contribution < -0.4 is 5.32 Å². The van der Waals surface area contributed by atoms with Gasteiger partial charge in [0.2, 0.25) is 5.91 Å². The Labute approximate surface area is 255 Å². The van der Waals surface area contributed by atoms with Gasteiger partial charge in [-0.15, -0.1) is 0 Å². The topological polar surface area (TPSA) is 149 Å². The largest absolute Gasteiger partial charge is 0.394 e. The SMILES string of the molecule is CCCCCC/C=C\CCCC(=O)NC(COC1OC(CO)C(O)C(O)C1O)C(O)CCCCCCCCCCCC. The molecule has 0 aliphatic carbocycles. The molecular weight excluding hydrogens is 538 g/mol. The number of aliphatic hydroxyl groups is 5. The van der Waals surface area contributed by atoms with E-state index < -0.39 is 49.5 Å². The van der Waals surface area contributed by atoms with Crippen molar-refractivity contribution in [2.24, 2.45) is 0 Å². The number of ether oxygens (including phenoxy) is 2. The monoisotopic (exact) mass is 601 g/mol. The summed E-state index contributed by atoms with van der Waals surface area (Å²) in [7, 11) is 0. The molecule has 248 valence electrons. The highest BCUT2D eigenvalue weighted by atomic mass is 16.7. The van der Waals surface area contributed by atoms with Crippen molar-refractivity contribution in [2.45, 2.75) is 179 Å². The highest BCUT2D eigenvalue weighted by molar-refractivity contribution is 5.76. The van der Waals surface area contributed by atoms with Gasteiger partial charge in [-0.3, -0.25) is 4.79 Å². The summed E-state index contributed by atoms with van der Waals surface area (Å²) >= 11 is 0. The van der Waals surface area contributed by atoms with Crippen molar-refractivity contribution >= 4 is 5.91 Å². The van der Waals surface area contributed by atoms with Crippen LogP contribution in [0.1, 0.15) is 136 Å². The Bertz CT molecular complexity index is 676. The molecule has 0 aromatic rings. The van der Waals surface area contributed by atoms with E-state index in [0.29, 0.717) is 19.3 Å². The first-order valence-electron chi connectivity index (χ1n) is 16.9. The number of aliphatic hydroxyl groups excluding tert-OH is 5. The molecule has 0 bridgehead atoms. The van der Waals surface area contributed by atoms with Crippen molar-refractivity contribution in [3.05, 3.63) is 12.2 Å². The van der Waals surface area contributed by atoms with Gasteiger partial charge in [-0.2, -0.15) is 0 Å². The second-order valence-corrected chi connectivity index (χ2v) is 12.0. The van der Waals surface area contributed by atoms with Crippen LogP contribution in [0.4, 0.5) is 0 Å². The van der Waals surface area contributed by atoms with Gasteiger partial charge in [-0.05, 0) is 32.1 Å². The van der Waals surface area contributed by atoms with Crippen LogP contribution in [-0.2, 0) is 14.3 Å². The fraction of sp³-hybridized carbons (Fsp3) is 0.909. The maximum Gasteiger partial charge on any atom is 0.220 e. The lowest BCUT2D eigenvalue weighted by molar-refractivity contribution is -0.302. The molecule has 7 unspecified atom stereocenters. The van der Waals surface area contributed by atoms with E-state index in [1.807, 2.05) is 0 Å². The van der Waals surface area contributed by atoms with E-state index in [9.17, 15) is 30.3 Å². The number of allylic oxidation sites excluding steroid dienone is 2. The molecule has 0 aromatic carbocycles. The Morgan fingerprint density at radius 1 is 0.786 bits per heavy atom. The molecule has 1 amide bonds. The summed E-state index contributed by atoms with van der Waals surface area (Å²) in [6.45, 7) is 3.72. The summed E-state index contributed by atoms with van der Waals surface area (Å²) < 4.78 is 11.1. The van der Waals surface area contributed by atoms with Gasteiger partial charge in [0, 0.05) is 6.42 Å². The number of carbonyl (C=O) groups is 1. The third-order valence-corrected chi connectivity index (χ3v) is 8.12. The van der Waals surface area contributed by atoms with Crippen molar-refractivity contribution < 1.29 is 39.8 Å². The third kappa shape index (κ3) is 17.3. The van der Waals surface area contributed by atoms with Crippen LogP contribution in [0, 0.1) is 0 Å². The van der Waals surface area contributed by atoms with Crippen LogP contribution in [0.5, 0.6) is 0 Å². The Hall–Kier alpha value is -1.07. The summed E-state index contributed by atoms with van der Waals surface area (Å²) in [4.78, 5) is 12.7. The normalized spacial score (nSPS) is 24.2. The molecule has 6 N–H and O–H groups in total. The smallest absolute Gasteiger partial charge is 0.220 e. The van der Waals surface area contributed by atoms with Crippen LogP contribution in [0.3, 0.4) is 0 Å². The number of rotatable bonds is 26. The molecule has 0 spiro atoms. The van der Waals surface area contributed by atoms with Crippen LogP contribution in [-0.4, -0.2) is 87.5 Å². The third-order valence-electron chi connectivity index (χ3n) is 8.12. The molecule has 0 saturated carbocycles. The minimum absolute atomic E-state index is 0.148. The van der Waals surface area contributed by atoms with Gasteiger partial charge in [-0.1, -0.05) is 109 Å². The zero-order valence-electron chi connectivity index (χ0n) is 26.5. The van der Waals surface area contributed by atoms with Crippen molar-refractivity contribution in [3.63, 3.8) is 0 Å². The van der Waals surface area contributed by atoms with Crippen LogP contribution >= 0.6 is 0 Å². The molecule has 7 atom stereocenters.